The first kappa shape index (κ1) is 12.4. The largest absolute Gasteiger partial charge is 0.379 e. The van der Waals surface area contributed by atoms with Crippen molar-refractivity contribution in [1.29, 1.82) is 0 Å². The van der Waals surface area contributed by atoms with Crippen molar-refractivity contribution in [3.63, 3.8) is 0 Å². The maximum atomic E-state index is 11.7. The summed E-state index contributed by atoms with van der Waals surface area (Å²) < 4.78 is 5.30. The SMILES string of the molecule is CCNC1COCC1C(=O)NCCCN. The molecule has 5 nitrogen and oxygen atoms in total. The quantitative estimate of drug-likeness (QED) is 0.501. The summed E-state index contributed by atoms with van der Waals surface area (Å²) in [6, 6.07) is 0.160. The van der Waals surface area contributed by atoms with Crippen molar-refractivity contribution in [3.8, 4) is 0 Å². The van der Waals surface area contributed by atoms with Gasteiger partial charge in [-0.05, 0) is 19.5 Å². The van der Waals surface area contributed by atoms with Crippen molar-refractivity contribution in [2.75, 3.05) is 32.8 Å². The van der Waals surface area contributed by atoms with Crippen LogP contribution >= 0.6 is 0 Å². The summed E-state index contributed by atoms with van der Waals surface area (Å²) in [5, 5.41) is 6.13. The molecule has 0 radical (unpaired) electrons. The third kappa shape index (κ3) is 3.77. The molecule has 0 bridgehead atoms. The van der Waals surface area contributed by atoms with E-state index in [2.05, 4.69) is 10.6 Å². The fraction of sp³-hybridized carbons (Fsp3) is 0.900. The molecular formula is C10H21N3O2. The van der Waals surface area contributed by atoms with Crippen molar-refractivity contribution in [3.05, 3.63) is 0 Å². The van der Waals surface area contributed by atoms with Crippen LogP contribution in [0.5, 0.6) is 0 Å². The van der Waals surface area contributed by atoms with E-state index < -0.39 is 0 Å². The molecule has 1 fully saturated rings. The van der Waals surface area contributed by atoms with Crippen LogP contribution in [0.1, 0.15) is 13.3 Å². The van der Waals surface area contributed by atoms with Crippen LogP contribution in [-0.2, 0) is 9.53 Å². The Balaban J connectivity index is 2.30. The Hall–Kier alpha value is -0.650. The Morgan fingerprint density at radius 1 is 1.53 bits per heavy atom. The van der Waals surface area contributed by atoms with Gasteiger partial charge in [0.05, 0.1) is 19.1 Å². The first-order chi connectivity index (χ1) is 7.29. The highest BCUT2D eigenvalue weighted by Crippen LogP contribution is 2.13. The molecule has 4 N–H and O–H groups in total. The predicted octanol–water partition coefficient (Wildman–Crippen LogP) is -0.924. The van der Waals surface area contributed by atoms with Crippen LogP contribution in [0.3, 0.4) is 0 Å². The van der Waals surface area contributed by atoms with Crippen LogP contribution in [0.15, 0.2) is 0 Å². The van der Waals surface area contributed by atoms with Gasteiger partial charge in [0.1, 0.15) is 0 Å². The van der Waals surface area contributed by atoms with Gasteiger partial charge in [-0.15, -0.1) is 0 Å². The molecule has 5 heteroatoms. The lowest BCUT2D eigenvalue weighted by Gasteiger charge is -2.17. The Bertz CT molecular complexity index is 199. The molecule has 88 valence electrons. The van der Waals surface area contributed by atoms with E-state index in [1.807, 2.05) is 6.92 Å². The number of likely N-dealkylation sites (N-methyl/N-ethyl adjacent to an activating group) is 1. The molecule has 15 heavy (non-hydrogen) atoms. The van der Waals surface area contributed by atoms with Crippen LogP contribution in [0.2, 0.25) is 0 Å². The van der Waals surface area contributed by atoms with Crippen molar-refractivity contribution in [2.45, 2.75) is 19.4 Å². The van der Waals surface area contributed by atoms with Crippen molar-refractivity contribution >= 4 is 5.91 Å². The molecule has 0 aromatic carbocycles. The van der Waals surface area contributed by atoms with Gasteiger partial charge < -0.3 is 21.1 Å². The maximum absolute atomic E-state index is 11.7. The first-order valence-corrected chi connectivity index (χ1v) is 5.58. The standard InChI is InChI=1S/C10H21N3O2/c1-2-12-9-7-15-6-8(9)10(14)13-5-3-4-11/h8-9,12H,2-7,11H2,1H3,(H,13,14). The third-order valence-corrected chi connectivity index (χ3v) is 2.56. The summed E-state index contributed by atoms with van der Waals surface area (Å²) in [6.45, 7) is 5.31. The van der Waals surface area contributed by atoms with E-state index in [4.69, 9.17) is 10.5 Å². The number of carbonyl (C=O) groups is 1. The molecule has 1 aliphatic heterocycles. The molecule has 2 unspecified atom stereocenters. The molecule has 0 aliphatic carbocycles. The van der Waals surface area contributed by atoms with Crippen LogP contribution < -0.4 is 16.4 Å². The summed E-state index contributed by atoms with van der Waals surface area (Å²) in [7, 11) is 0. The summed E-state index contributed by atoms with van der Waals surface area (Å²) in [5.74, 6) is 0.0228. The molecule has 1 rings (SSSR count). The highest BCUT2D eigenvalue weighted by molar-refractivity contribution is 5.79. The highest BCUT2D eigenvalue weighted by Gasteiger charge is 2.32. The van der Waals surface area contributed by atoms with E-state index in [0.29, 0.717) is 26.3 Å². The molecular weight excluding hydrogens is 194 g/mol. The fourth-order valence-electron chi connectivity index (χ4n) is 1.72. The monoisotopic (exact) mass is 215 g/mol. The smallest absolute Gasteiger partial charge is 0.227 e. The second-order valence-electron chi connectivity index (χ2n) is 3.74. The summed E-state index contributed by atoms with van der Waals surface area (Å²) in [4.78, 5) is 11.7. The van der Waals surface area contributed by atoms with Gasteiger partial charge in [-0.1, -0.05) is 6.92 Å². The van der Waals surface area contributed by atoms with Gasteiger partial charge in [-0.25, -0.2) is 0 Å². The van der Waals surface area contributed by atoms with Crippen molar-refractivity contribution < 1.29 is 9.53 Å². The Labute approximate surface area is 90.7 Å². The Morgan fingerprint density at radius 3 is 3.00 bits per heavy atom. The van der Waals surface area contributed by atoms with E-state index >= 15 is 0 Å². The normalized spacial score (nSPS) is 25.5. The number of amides is 1. The zero-order valence-electron chi connectivity index (χ0n) is 9.29. The minimum absolute atomic E-state index is 0.0530. The zero-order chi connectivity index (χ0) is 11.1. The number of hydrogen-bond acceptors (Lipinski definition) is 4. The lowest BCUT2D eigenvalue weighted by molar-refractivity contribution is -0.125. The van der Waals surface area contributed by atoms with Crippen LogP contribution in [0.4, 0.5) is 0 Å². The molecule has 0 saturated carbocycles. The second-order valence-corrected chi connectivity index (χ2v) is 3.74. The Kier molecular flexibility index (Phi) is 5.60. The highest BCUT2D eigenvalue weighted by atomic mass is 16.5. The lowest BCUT2D eigenvalue weighted by atomic mass is 10.0. The van der Waals surface area contributed by atoms with E-state index in [-0.39, 0.29) is 17.9 Å². The fourth-order valence-corrected chi connectivity index (χ4v) is 1.72. The van der Waals surface area contributed by atoms with Gasteiger partial charge in [-0.3, -0.25) is 4.79 Å². The molecule has 1 aliphatic rings. The van der Waals surface area contributed by atoms with Gasteiger partial charge >= 0.3 is 0 Å². The minimum Gasteiger partial charge on any atom is -0.379 e. The average molecular weight is 215 g/mol. The van der Waals surface area contributed by atoms with Gasteiger partial charge in [0.25, 0.3) is 0 Å². The second kappa shape index (κ2) is 6.76. The summed E-state index contributed by atoms with van der Waals surface area (Å²) in [6.07, 6.45) is 0.825. The number of hydrogen-bond donors (Lipinski definition) is 3. The number of carbonyl (C=O) groups excluding carboxylic acids is 1. The van der Waals surface area contributed by atoms with E-state index in [1.165, 1.54) is 0 Å². The summed E-state index contributed by atoms with van der Waals surface area (Å²) in [5.41, 5.74) is 5.35. The van der Waals surface area contributed by atoms with E-state index in [9.17, 15) is 4.79 Å². The molecule has 0 aromatic rings. The zero-order valence-corrected chi connectivity index (χ0v) is 9.29. The van der Waals surface area contributed by atoms with Crippen LogP contribution in [0.25, 0.3) is 0 Å². The molecule has 0 aromatic heterocycles. The van der Waals surface area contributed by atoms with Crippen LogP contribution in [0, 0.1) is 5.92 Å². The van der Waals surface area contributed by atoms with Gasteiger partial charge in [-0.2, -0.15) is 0 Å². The molecule has 1 saturated heterocycles. The van der Waals surface area contributed by atoms with Crippen LogP contribution in [-0.4, -0.2) is 44.8 Å². The van der Waals surface area contributed by atoms with E-state index in [0.717, 1.165) is 13.0 Å². The first-order valence-electron chi connectivity index (χ1n) is 5.58. The van der Waals surface area contributed by atoms with Crippen molar-refractivity contribution in [1.82, 2.24) is 10.6 Å². The number of nitrogens with two attached hydrogens (primary N) is 1. The molecule has 1 heterocycles. The predicted molar refractivity (Wildman–Crippen MR) is 58.5 cm³/mol. The lowest BCUT2D eigenvalue weighted by Crippen LogP contribution is -2.44. The molecule has 2 atom stereocenters. The Morgan fingerprint density at radius 2 is 2.33 bits per heavy atom. The van der Waals surface area contributed by atoms with Gasteiger partial charge in [0.15, 0.2) is 0 Å². The summed E-state index contributed by atoms with van der Waals surface area (Å²) >= 11 is 0. The van der Waals surface area contributed by atoms with Gasteiger partial charge in [0.2, 0.25) is 5.91 Å². The van der Waals surface area contributed by atoms with Crippen molar-refractivity contribution in [2.24, 2.45) is 11.7 Å². The van der Waals surface area contributed by atoms with Gasteiger partial charge in [0, 0.05) is 12.6 Å². The molecule has 0 spiro atoms. The number of rotatable bonds is 6. The topological polar surface area (TPSA) is 76.4 Å². The minimum atomic E-state index is -0.0530. The third-order valence-electron chi connectivity index (χ3n) is 2.56. The average Bonchev–Trinajstić information content (AvgIpc) is 2.67. The van der Waals surface area contributed by atoms with E-state index in [1.54, 1.807) is 0 Å². The maximum Gasteiger partial charge on any atom is 0.227 e. The molecule has 1 amide bonds. The number of ether oxygens (including phenoxy) is 1. The number of nitrogens with one attached hydrogen (secondary N) is 2.